The van der Waals surface area contributed by atoms with Crippen LogP contribution in [0.5, 0.6) is 5.75 Å². The molecule has 3 heteroatoms. The third-order valence-electron chi connectivity index (χ3n) is 8.70. The number of carbonyl (C=O) groups excluding carboxylic acids is 1. The zero-order valence-corrected chi connectivity index (χ0v) is 27.7. The molecule has 0 heterocycles. The molecule has 2 aromatic carbocycles. The van der Waals surface area contributed by atoms with Crippen LogP contribution in [0.1, 0.15) is 151 Å². The molecule has 0 aliphatic rings. The summed E-state index contributed by atoms with van der Waals surface area (Å²) in [6.45, 7) is 5.68. The summed E-state index contributed by atoms with van der Waals surface area (Å²) in [6.07, 6.45) is 27.4. The minimum Gasteiger partial charge on any atom is -0.493 e. The van der Waals surface area contributed by atoms with Crippen LogP contribution >= 0.6 is 0 Å². The van der Waals surface area contributed by atoms with E-state index in [1.165, 1.54) is 140 Å². The molecule has 0 aliphatic carbocycles. The first kappa shape index (κ1) is 36.1. The molecule has 2 rings (SSSR count). The van der Waals surface area contributed by atoms with Crippen molar-refractivity contribution >= 4 is 5.78 Å². The fraction of sp³-hybridized carbons (Fsp3) is 0.667. The van der Waals surface area contributed by atoms with Gasteiger partial charge in [-0.3, -0.25) is 4.79 Å². The summed E-state index contributed by atoms with van der Waals surface area (Å²) in [5, 5.41) is 0. The summed E-state index contributed by atoms with van der Waals surface area (Å²) in [5.74, 6) is 0.730. The van der Waals surface area contributed by atoms with Crippen LogP contribution in [0.3, 0.4) is 0 Å². The summed E-state index contributed by atoms with van der Waals surface area (Å²) in [7, 11) is 4.84. The molecule has 0 radical (unpaired) electrons. The Hall–Kier alpha value is -2.13. The predicted molar refractivity (Wildman–Crippen MR) is 182 cm³/mol. The number of para-hydroxylation sites is 1. The van der Waals surface area contributed by atoms with E-state index in [9.17, 15) is 4.79 Å². The summed E-state index contributed by atoms with van der Waals surface area (Å²) in [4.78, 5) is 12.8. The second-order valence-corrected chi connectivity index (χ2v) is 13.1. The Labute approximate surface area is 260 Å². The molecular weight excluding hydrogens is 514 g/mol. The van der Waals surface area contributed by atoms with E-state index >= 15 is 0 Å². The van der Waals surface area contributed by atoms with E-state index in [-0.39, 0.29) is 5.78 Å². The van der Waals surface area contributed by atoms with Gasteiger partial charge in [0.1, 0.15) is 5.75 Å². The topological polar surface area (TPSA) is 26.3 Å². The normalized spacial score (nSPS) is 11.6. The molecule has 0 N–H and O–H groups in total. The molecule has 3 nitrogen and oxygen atoms in total. The Kier molecular flexibility index (Phi) is 20.0. The zero-order valence-electron chi connectivity index (χ0n) is 27.7. The number of benzene rings is 2. The number of carbonyl (C=O) groups is 1. The predicted octanol–water partition coefficient (Wildman–Crippen LogP) is 11.2. The molecule has 0 spiro atoms. The van der Waals surface area contributed by atoms with Crippen molar-refractivity contribution < 1.29 is 14.0 Å². The number of hydrogen-bond acceptors (Lipinski definition) is 2. The molecule has 0 amide bonds. The van der Waals surface area contributed by atoms with E-state index in [2.05, 4.69) is 21.0 Å². The summed E-state index contributed by atoms with van der Waals surface area (Å²) < 4.78 is 7.23. The molecule has 0 aliphatic heterocycles. The largest absolute Gasteiger partial charge is 0.493 e. The van der Waals surface area contributed by atoms with Crippen molar-refractivity contribution in [2.75, 3.05) is 33.8 Å². The van der Waals surface area contributed by atoms with Gasteiger partial charge < -0.3 is 9.22 Å². The van der Waals surface area contributed by atoms with Gasteiger partial charge in [0.05, 0.1) is 39.4 Å². The maximum Gasteiger partial charge on any atom is 0.196 e. The molecule has 0 fully saturated rings. The maximum absolute atomic E-state index is 12.8. The molecule has 0 aromatic heterocycles. The quantitative estimate of drug-likeness (QED) is 0.0598. The zero-order chi connectivity index (χ0) is 30.1. The van der Waals surface area contributed by atoms with Crippen molar-refractivity contribution in [2.45, 2.75) is 135 Å². The average Bonchev–Trinajstić information content (AvgIpc) is 3.00. The molecule has 0 saturated carbocycles. The molecule has 0 unspecified atom stereocenters. The lowest BCUT2D eigenvalue weighted by atomic mass is 10.0. The standard InChI is InChI=1S/C39H64NO2/c1-4-5-6-26-33-40(2,3)34-27-19-17-15-13-11-9-7-8-10-12-14-16-18-20-28-35-42-38-32-25-24-31-37(38)39(41)36-29-22-21-23-30-36/h21-25,29-32H,4-20,26-28,33-35H2,1-3H3/q+1. The Morgan fingerprint density at radius 3 is 1.50 bits per heavy atom. The number of ketones is 1. The van der Waals surface area contributed by atoms with Gasteiger partial charge in [-0.25, -0.2) is 0 Å². The van der Waals surface area contributed by atoms with Gasteiger partial charge in [0.25, 0.3) is 0 Å². The number of unbranched alkanes of at least 4 members (excludes halogenated alkanes) is 18. The fourth-order valence-electron chi connectivity index (χ4n) is 5.90. The fourth-order valence-corrected chi connectivity index (χ4v) is 5.90. The first-order valence-corrected chi connectivity index (χ1v) is 17.7. The van der Waals surface area contributed by atoms with Crippen LogP contribution in [0.2, 0.25) is 0 Å². The second-order valence-electron chi connectivity index (χ2n) is 13.1. The molecule has 236 valence electrons. The number of rotatable bonds is 27. The van der Waals surface area contributed by atoms with Crippen LogP contribution in [-0.4, -0.2) is 44.1 Å². The summed E-state index contributed by atoms with van der Waals surface area (Å²) in [5.41, 5.74) is 1.36. The first-order chi connectivity index (χ1) is 20.5. The van der Waals surface area contributed by atoms with Crippen LogP contribution in [0, 0.1) is 0 Å². The highest BCUT2D eigenvalue weighted by molar-refractivity contribution is 6.10. The monoisotopic (exact) mass is 578 g/mol. The van der Waals surface area contributed by atoms with E-state index in [4.69, 9.17) is 4.74 Å². The Balaban J connectivity index is 1.34. The number of quaternary nitrogens is 1. The van der Waals surface area contributed by atoms with Crippen molar-refractivity contribution in [1.29, 1.82) is 0 Å². The third kappa shape index (κ3) is 17.1. The molecule has 0 saturated heterocycles. The van der Waals surface area contributed by atoms with Gasteiger partial charge in [0, 0.05) is 5.56 Å². The van der Waals surface area contributed by atoms with Crippen LogP contribution < -0.4 is 4.74 Å². The average molecular weight is 579 g/mol. The lowest BCUT2D eigenvalue weighted by Gasteiger charge is -2.30. The van der Waals surface area contributed by atoms with Gasteiger partial charge in [0.15, 0.2) is 5.78 Å². The van der Waals surface area contributed by atoms with Crippen LogP contribution in [0.15, 0.2) is 54.6 Å². The summed E-state index contributed by atoms with van der Waals surface area (Å²) >= 11 is 0. The first-order valence-electron chi connectivity index (χ1n) is 17.7. The number of nitrogens with zero attached hydrogens (tertiary/aromatic N) is 1. The molecular formula is C39H64NO2+. The van der Waals surface area contributed by atoms with Crippen LogP contribution in [0.4, 0.5) is 0 Å². The van der Waals surface area contributed by atoms with Crippen LogP contribution in [0.25, 0.3) is 0 Å². The highest BCUT2D eigenvalue weighted by Crippen LogP contribution is 2.22. The van der Waals surface area contributed by atoms with Gasteiger partial charge in [-0.15, -0.1) is 0 Å². The van der Waals surface area contributed by atoms with Crippen molar-refractivity contribution in [3.05, 3.63) is 65.7 Å². The highest BCUT2D eigenvalue weighted by atomic mass is 16.5. The minimum atomic E-state index is 0.0271. The van der Waals surface area contributed by atoms with Crippen molar-refractivity contribution in [3.63, 3.8) is 0 Å². The van der Waals surface area contributed by atoms with E-state index < -0.39 is 0 Å². The van der Waals surface area contributed by atoms with E-state index in [1.807, 2.05) is 54.6 Å². The molecule has 42 heavy (non-hydrogen) atoms. The Morgan fingerprint density at radius 1 is 0.548 bits per heavy atom. The molecule has 2 aromatic rings. The van der Waals surface area contributed by atoms with E-state index in [0.29, 0.717) is 23.5 Å². The smallest absolute Gasteiger partial charge is 0.196 e. The molecule has 0 atom stereocenters. The summed E-state index contributed by atoms with van der Waals surface area (Å²) in [6, 6.07) is 17.1. The van der Waals surface area contributed by atoms with Crippen molar-refractivity contribution in [2.24, 2.45) is 0 Å². The van der Waals surface area contributed by atoms with Gasteiger partial charge in [-0.2, -0.15) is 0 Å². The highest BCUT2D eigenvalue weighted by Gasteiger charge is 2.14. The Bertz CT molecular complexity index is 923. The lowest BCUT2D eigenvalue weighted by Crippen LogP contribution is -2.41. The lowest BCUT2D eigenvalue weighted by molar-refractivity contribution is -0.890. The van der Waals surface area contributed by atoms with Crippen LogP contribution in [-0.2, 0) is 0 Å². The number of hydrogen-bond donors (Lipinski definition) is 0. The number of ether oxygens (including phenoxy) is 1. The Morgan fingerprint density at radius 2 is 0.976 bits per heavy atom. The minimum absolute atomic E-state index is 0.0271. The van der Waals surface area contributed by atoms with Crippen molar-refractivity contribution in [1.82, 2.24) is 0 Å². The van der Waals surface area contributed by atoms with Gasteiger partial charge >= 0.3 is 0 Å². The van der Waals surface area contributed by atoms with Gasteiger partial charge in [0.2, 0.25) is 0 Å². The van der Waals surface area contributed by atoms with Crippen molar-refractivity contribution in [3.8, 4) is 5.75 Å². The van der Waals surface area contributed by atoms with Gasteiger partial charge in [-0.05, 0) is 44.2 Å². The van der Waals surface area contributed by atoms with E-state index in [1.54, 1.807) is 0 Å². The SMILES string of the molecule is CCCCCC[N+](C)(C)CCCCCCCCCCCCCCCCCCOc1ccccc1C(=O)c1ccccc1. The second kappa shape index (κ2) is 23.3. The maximum atomic E-state index is 12.8. The third-order valence-corrected chi connectivity index (χ3v) is 8.70. The van der Waals surface area contributed by atoms with Gasteiger partial charge in [-0.1, -0.05) is 146 Å². The molecule has 0 bridgehead atoms. The van der Waals surface area contributed by atoms with E-state index in [0.717, 1.165) is 6.42 Å².